The number of nitrogens with zero attached hydrogens (tertiary/aromatic N) is 2. The average molecular weight is 361 g/mol. The van der Waals surface area contributed by atoms with Crippen LogP contribution in [0.1, 0.15) is 16.2 Å². The maximum absolute atomic E-state index is 11.0. The highest BCUT2D eigenvalue weighted by molar-refractivity contribution is 9.10. The molecule has 0 bridgehead atoms. The molecule has 0 fully saturated rings. The van der Waals surface area contributed by atoms with Crippen LogP contribution >= 0.6 is 39.1 Å². The lowest BCUT2D eigenvalue weighted by molar-refractivity contribution is 0.112. The minimum absolute atomic E-state index is 0.123. The summed E-state index contributed by atoms with van der Waals surface area (Å²) in [5.74, 6) is 0.841. The molecule has 1 N–H and O–H groups in total. The van der Waals surface area contributed by atoms with Gasteiger partial charge in [-0.1, -0.05) is 23.2 Å². The van der Waals surface area contributed by atoms with Crippen LogP contribution in [-0.4, -0.2) is 16.3 Å². The minimum Gasteiger partial charge on any atom is -0.339 e. The topological polar surface area (TPSA) is 54.9 Å². The van der Waals surface area contributed by atoms with Crippen molar-refractivity contribution >= 4 is 56.9 Å². The van der Waals surface area contributed by atoms with Crippen molar-refractivity contribution in [2.45, 2.75) is 6.92 Å². The zero-order valence-electron chi connectivity index (χ0n) is 9.75. The van der Waals surface area contributed by atoms with E-state index in [0.29, 0.717) is 23.0 Å². The SMILES string of the molecule is Cc1nc(Cl)c(C=O)c(Nc2ccc(Cl)c(Br)c2)n1. The van der Waals surface area contributed by atoms with E-state index >= 15 is 0 Å². The Labute approximate surface area is 128 Å². The van der Waals surface area contributed by atoms with Crippen LogP contribution in [0.5, 0.6) is 0 Å². The summed E-state index contributed by atoms with van der Waals surface area (Å²) in [5, 5.41) is 3.74. The number of aromatic nitrogens is 2. The number of aldehydes is 1. The molecule has 0 unspecified atom stereocenters. The molecule has 98 valence electrons. The molecule has 0 atom stereocenters. The Bertz CT molecular complexity index is 649. The van der Waals surface area contributed by atoms with E-state index in [9.17, 15) is 4.79 Å². The highest BCUT2D eigenvalue weighted by Crippen LogP contribution is 2.28. The van der Waals surface area contributed by atoms with E-state index in [1.807, 2.05) is 0 Å². The molecule has 19 heavy (non-hydrogen) atoms. The van der Waals surface area contributed by atoms with E-state index in [2.05, 4.69) is 31.2 Å². The second kappa shape index (κ2) is 5.86. The third-order valence-electron chi connectivity index (χ3n) is 2.31. The van der Waals surface area contributed by atoms with Gasteiger partial charge in [-0.15, -0.1) is 0 Å². The van der Waals surface area contributed by atoms with Crippen molar-refractivity contribution < 1.29 is 4.79 Å². The molecule has 0 saturated heterocycles. The van der Waals surface area contributed by atoms with Gasteiger partial charge in [-0.2, -0.15) is 0 Å². The fraction of sp³-hybridized carbons (Fsp3) is 0.0833. The first-order chi connectivity index (χ1) is 9.01. The van der Waals surface area contributed by atoms with Crippen molar-refractivity contribution in [2.75, 3.05) is 5.32 Å². The molecule has 4 nitrogen and oxygen atoms in total. The summed E-state index contributed by atoms with van der Waals surface area (Å²) < 4.78 is 0.740. The summed E-state index contributed by atoms with van der Waals surface area (Å²) in [5.41, 5.74) is 0.951. The lowest BCUT2D eigenvalue weighted by Crippen LogP contribution is -2.03. The van der Waals surface area contributed by atoms with Crippen molar-refractivity contribution in [3.8, 4) is 0 Å². The number of benzene rings is 1. The molecule has 0 aliphatic rings. The first kappa shape index (κ1) is 14.2. The Kier molecular flexibility index (Phi) is 4.39. The molecule has 0 amide bonds. The smallest absolute Gasteiger partial charge is 0.156 e. The minimum atomic E-state index is 0.123. The van der Waals surface area contributed by atoms with E-state index < -0.39 is 0 Å². The molecule has 1 aromatic carbocycles. The van der Waals surface area contributed by atoms with Gasteiger partial charge in [0.15, 0.2) is 6.29 Å². The Balaban J connectivity index is 2.42. The Morgan fingerprint density at radius 2 is 2.05 bits per heavy atom. The predicted molar refractivity (Wildman–Crippen MR) is 79.6 cm³/mol. The number of hydrogen-bond donors (Lipinski definition) is 1. The summed E-state index contributed by atoms with van der Waals surface area (Å²) in [6.45, 7) is 1.70. The van der Waals surface area contributed by atoms with Crippen LogP contribution in [0.3, 0.4) is 0 Å². The predicted octanol–water partition coefficient (Wildman–Crippen LogP) is 4.41. The molecule has 2 rings (SSSR count). The number of halogens is 3. The summed E-state index contributed by atoms with van der Waals surface area (Å²) in [6.07, 6.45) is 0.620. The Morgan fingerprint density at radius 3 is 2.68 bits per heavy atom. The molecule has 0 spiro atoms. The number of carbonyl (C=O) groups excluding carboxylic acids is 1. The van der Waals surface area contributed by atoms with Gasteiger partial charge in [-0.05, 0) is 41.1 Å². The van der Waals surface area contributed by atoms with Crippen molar-refractivity contribution in [3.63, 3.8) is 0 Å². The maximum atomic E-state index is 11.0. The van der Waals surface area contributed by atoms with Crippen LogP contribution in [0, 0.1) is 6.92 Å². The third kappa shape index (κ3) is 3.23. The molecular weight excluding hydrogens is 353 g/mol. The van der Waals surface area contributed by atoms with Crippen LogP contribution in [-0.2, 0) is 0 Å². The number of anilines is 2. The standard InChI is InChI=1S/C12H8BrCl2N3O/c1-6-16-11(15)8(5-19)12(17-6)18-7-2-3-10(14)9(13)4-7/h2-5H,1H3,(H,16,17,18). The van der Waals surface area contributed by atoms with Crippen LogP contribution in [0.25, 0.3) is 0 Å². The fourth-order valence-electron chi connectivity index (χ4n) is 1.46. The van der Waals surface area contributed by atoms with E-state index in [-0.39, 0.29) is 10.7 Å². The first-order valence-corrected chi connectivity index (χ1v) is 6.77. The van der Waals surface area contributed by atoms with Gasteiger partial charge in [0, 0.05) is 10.2 Å². The third-order valence-corrected chi connectivity index (χ3v) is 3.81. The fourth-order valence-corrected chi connectivity index (χ4v) is 2.21. The molecule has 1 heterocycles. The largest absolute Gasteiger partial charge is 0.339 e. The first-order valence-electron chi connectivity index (χ1n) is 5.22. The van der Waals surface area contributed by atoms with Gasteiger partial charge >= 0.3 is 0 Å². The monoisotopic (exact) mass is 359 g/mol. The maximum Gasteiger partial charge on any atom is 0.156 e. The number of nitrogens with one attached hydrogen (secondary N) is 1. The van der Waals surface area contributed by atoms with Crippen LogP contribution < -0.4 is 5.32 Å². The van der Waals surface area contributed by atoms with Crippen molar-refractivity contribution in [2.24, 2.45) is 0 Å². The Hall–Kier alpha value is -1.17. The van der Waals surface area contributed by atoms with Gasteiger partial charge in [-0.3, -0.25) is 4.79 Å². The van der Waals surface area contributed by atoms with Crippen LogP contribution in [0.2, 0.25) is 10.2 Å². The van der Waals surface area contributed by atoms with Gasteiger partial charge < -0.3 is 5.32 Å². The van der Waals surface area contributed by atoms with Crippen molar-refractivity contribution in [1.29, 1.82) is 0 Å². The molecule has 7 heteroatoms. The van der Waals surface area contributed by atoms with E-state index in [1.54, 1.807) is 25.1 Å². The summed E-state index contributed by atoms with van der Waals surface area (Å²) in [7, 11) is 0. The average Bonchev–Trinajstić information content (AvgIpc) is 2.33. The van der Waals surface area contributed by atoms with Crippen LogP contribution in [0.4, 0.5) is 11.5 Å². The number of aryl methyl sites for hydroxylation is 1. The zero-order chi connectivity index (χ0) is 14.0. The molecule has 0 aliphatic heterocycles. The molecule has 0 radical (unpaired) electrons. The van der Waals surface area contributed by atoms with Gasteiger partial charge in [0.05, 0.1) is 10.6 Å². The quantitative estimate of drug-likeness (QED) is 0.650. The molecular formula is C12H8BrCl2N3O. The normalized spacial score (nSPS) is 10.3. The second-order valence-electron chi connectivity index (χ2n) is 3.70. The number of rotatable bonds is 3. The van der Waals surface area contributed by atoms with E-state index in [4.69, 9.17) is 23.2 Å². The van der Waals surface area contributed by atoms with Gasteiger partial charge in [0.2, 0.25) is 0 Å². The van der Waals surface area contributed by atoms with Crippen LogP contribution in [0.15, 0.2) is 22.7 Å². The summed E-state index contributed by atoms with van der Waals surface area (Å²) in [4.78, 5) is 19.1. The highest BCUT2D eigenvalue weighted by Gasteiger charge is 2.11. The second-order valence-corrected chi connectivity index (χ2v) is 5.32. The molecule has 0 saturated carbocycles. The lowest BCUT2D eigenvalue weighted by atomic mass is 10.3. The number of hydrogen-bond acceptors (Lipinski definition) is 4. The van der Waals surface area contributed by atoms with E-state index in [0.717, 1.165) is 10.2 Å². The summed E-state index contributed by atoms with van der Waals surface area (Å²) >= 11 is 15.1. The lowest BCUT2D eigenvalue weighted by Gasteiger charge is -2.10. The van der Waals surface area contributed by atoms with Gasteiger partial charge in [-0.25, -0.2) is 9.97 Å². The van der Waals surface area contributed by atoms with Crippen molar-refractivity contribution in [3.05, 3.63) is 44.2 Å². The van der Waals surface area contributed by atoms with E-state index in [1.165, 1.54) is 0 Å². The summed E-state index contributed by atoms with van der Waals surface area (Å²) in [6, 6.07) is 5.28. The molecule has 1 aromatic heterocycles. The Morgan fingerprint density at radius 1 is 1.32 bits per heavy atom. The van der Waals surface area contributed by atoms with Gasteiger partial charge in [0.1, 0.15) is 16.8 Å². The number of carbonyl (C=O) groups is 1. The molecule has 2 aromatic rings. The highest BCUT2D eigenvalue weighted by atomic mass is 79.9. The van der Waals surface area contributed by atoms with Gasteiger partial charge in [0.25, 0.3) is 0 Å². The molecule has 0 aliphatic carbocycles. The zero-order valence-corrected chi connectivity index (χ0v) is 12.8. The van der Waals surface area contributed by atoms with Crippen molar-refractivity contribution in [1.82, 2.24) is 9.97 Å².